The topological polar surface area (TPSA) is 46.5 Å². The van der Waals surface area contributed by atoms with Crippen LogP contribution in [0.3, 0.4) is 0 Å². The monoisotopic (exact) mass is 182 g/mol. The second-order valence-corrected chi connectivity index (χ2v) is 2.61. The van der Waals surface area contributed by atoms with Crippen molar-refractivity contribution in [3.8, 4) is 11.8 Å². The first-order chi connectivity index (χ1) is 6.06. The minimum absolute atomic E-state index is 0.358. The third-order valence-corrected chi connectivity index (χ3v) is 1.18. The summed E-state index contributed by atoms with van der Waals surface area (Å²) >= 11 is 0. The highest BCUT2D eigenvalue weighted by Crippen LogP contribution is 1.95. The van der Waals surface area contributed by atoms with Crippen molar-refractivity contribution < 1.29 is 14.6 Å². The average molecular weight is 182 g/mol. The van der Waals surface area contributed by atoms with E-state index in [2.05, 4.69) is 11.8 Å². The molecule has 13 heavy (non-hydrogen) atoms. The Morgan fingerprint density at radius 1 is 1.46 bits per heavy atom. The number of rotatable bonds is 3. The Balaban J connectivity index is 3.91. The van der Waals surface area contributed by atoms with Gasteiger partial charge in [-0.3, -0.25) is 0 Å². The SMILES string of the molecule is CC#CC(=O)O[C@H](C)C=C[C@@H](C)O. The predicted molar refractivity (Wildman–Crippen MR) is 49.8 cm³/mol. The van der Waals surface area contributed by atoms with E-state index in [0.717, 1.165) is 0 Å². The lowest BCUT2D eigenvalue weighted by atomic mass is 10.3. The number of aliphatic hydroxyl groups excluding tert-OH is 1. The summed E-state index contributed by atoms with van der Waals surface area (Å²) in [5, 5.41) is 8.88. The summed E-state index contributed by atoms with van der Waals surface area (Å²) in [5.74, 6) is 4.15. The Kier molecular flexibility index (Phi) is 5.66. The van der Waals surface area contributed by atoms with Crippen LogP contribution in [-0.4, -0.2) is 23.3 Å². The van der Waals surface area contributed by atoms with Gasteiger partial charge in [-0.05, 0) is 26.8 Å². The molecule has 0 radical (unpaired) electrons. The van der Waals surface area contributed by atoms with E-state index in [1.165, 1.54) is 0 Å². The van der Waals surface area contributed by atoms with Crippen molar-refractivity contribution in [2.75, 3.05) is 0 Å². The van der Waals surface area contributed by atoms with E-state index >= 15 is 0 Å². The molecule has 3 nitrogen and oxygen atoms in total. The van der Waals surface area contributed by atoms with Crippen LogP contribution in [0, 0.1) is 11.8 Å². The maximum atomic E-state index is 10.8. The van der Waals surface area contributed by atoms with Crippen molar-refractivity contribution in [2.45, 2.75) is 33.0 Å². The van der Waals surface area contributed by atoms with Gasteiger partial charge in [-0.25, -0.2) is 4.79 Å². The molecule has 0 aromatic rings. The standard InChI is InChI=1S/C10H14O3/c1-4-5-10(12)13-9(3)7-6-8(2)11/h6-9,11H,1-3H3/t8-,9-/m1/s1. The van der Waals surface area contributed by atoms with Crippen LogP contribution in [0.5, 0.6) is 0 Å². The van der Waals surface area contributed by atoms with Gasteiger partial charge in [-0.1, -0.05) is 12.0 Å². The molecule has 0 unspecified atom stereocenters. The van der Waals surface area contributed by atoms with Crippen LogP contribution in [0.2, 0.25) is 0 Å². The molecule has 0 aliphatic heterocycles. The van der Waals surface area contributed by atoms with Crippen LogP contribution in [0.4, 0.5) is 0 Å². The van der Waals surface area contributed by atoms with Crippen LogP contribution in [-0.2, 0) is 9.53 Å². The zero-order valence-corrected chi connectivity index (χ0v) is 8.07. The van der Waals surface area contributed by atoms with E-state index in [1.54, 1.807) is 32.9 Å². The van der Waals surface area contributed by atoms with Crippen molar-refractivity contribution in [3.05, 3.63) is 12.2 Å². The lowest BCUT2D eigenvalue weighted by Crippen LogP contribution is -2.11. The second kappa shape index (κ2) is 6.27. The highest BCUT2D eigenvalue weighted by molar-refractivity contribution is 5.88. The number of aliphatic hydroxyl groups is 1. The van der Waals surface area contributed by atoms with E-state index in [4.69, 9.17) is 9.84 Å². The first-order valence-electron chi connectivity index (χ1n) is 4.06. The fourth-order valence-electron chi connectivity index (χ4n) is 0.657. The number of hydrogen-bond acceptors (Lipinski definition) is 3. The average Bonchev–Trinajstić information content (AvgIpc) is 2.01. The molecular weight excluding hydrogens is 168 g/mol. The van der Waals surface area contributed by atoms with E-state index < -0.39 is 12.1 Å². The largest absolute Gasteiger partial charge is 0.449 e. The quantitative estimate of drug-likeness (QED) is 0.305. The van der Waals surface area contributed by atoms with E-state index in [0.29, 0.717) is 0 Å². The first-order valence-corrected chi connectivity index (χ1v) is 4.06. The van der Waals surface area contributed by atoms with Crippen LogP contribution in [0.25, 0.3) is 0 Å². The number of hydrogen-bond donors (Lipinski definition) is 1. The normalized spacial score (nSPS) is 14.5. The highest BCUT2D eigenvalue weighted by Gasteiger charge is 2.02. The summed E-state index contributed by atoms with van der Waals surface area (Å²) in [4.78, 5) is 10.8. The van der Waals surface area contributed by atoms with Gasteiger partial charge in [0.25, 0.3) is 0 Å². The number of esters is 1. The first kappa shape index (κ1) is 11.7. The van der Waals surface area contributed by atoms with E-state index in [9.17, 15) is 4.79 Å². The molecule has 0 fully saturated rings. The van der Waals surface area contributed by atoms with Gasteiger partial charge in [-0.15, -0.1) is 0 Å². The number of carbonyl (C=O) groups is 1. The molecule has 0 spiro atoms. The molecule has 0 saturated carbocycles. The molecule has 3 heteroatoms. The van der Waals surface area contributed by atoms with Gasteiger partial charge in [0.15, 0.2) is 0 Å². The molecule has 72 valence electrons. The molecule has 2 atom stereocenters. The molecule has 0 heterocycles. The third-order valence-electron chi connectivity index (χ3n) is 1.18. The minimum atomic E-state index is -0.551. The van der Waals surface area contributed by atoms with Crippen LogP contribution in [0.1, 0.15) is 20.8 Å². The zero-order chi connectivity index (χ0) is 10.3. The summed E-state index contributed by atoms with van der Waals surface area (Å²) in [7, 11) is 0. The Morgan fingerprint density at radius 2 is 2.08 bits per heavy atom. The molecule has 0 saturated heterocycles. The molecule has 1 N–H and O–H groups in total. The third kappa shape index (κ3) is 7.10. The smallest absolute Gasteiger partial charge is 0.384 e. The molecule has 0 aliphatic carbocycles. The zero-order valence-electron chi connectivity index (χ0n) is 8.07. The molecule has 0 aromatic carbocycles. The van der Waals surface area contributed by atoms with Crippen molar-refractivity contribution in [1.82, 2.24) is 0 Å². The van der Waals surface area contributed by atoms with Crippen molar-refractivity contribution >= 4 is 5.97 Å². The highest BCUT2D eigenvalue weighted by atomic mass is 16.5. The summed E-state index contributed by atoms with van der Waals surface area (Å²) in [6, 6.07) is 0. The van der Waals surface area contributed by atoms with Gasteiger partial charge in [-0.2, -0.15) is 0 Å². The van der Waals surface area contributed by atoms with Crippen molar-refractivity contribution in [1.29, 1.82) is 0 Å². The molecule has 0 rings (SSSR count). The second-order valence-electron chi connectivity index (χ2n) is 2.61. The molecule has 0 aromatic heterocycles. The Labute approximate surface area is 78.4 Å². The predicted octanol–water partition coefficient (Wildman–Crippen LogP) is 0.878. The minimum Gasteiger partial charge on any atom is -0.449 e. The lowest BCUT2D eigenvalue weighted by Gasteiger charge is -2.05. The maximum absolute atomic E-state index is 10.8. The van der Waals surface area contributed by atoms with Crippen LogP contribution in [0.15, 0.2) is 12.2 Å². The summed E-state index contributed by atoms with van der Waals surface area (Å²) in [6.07, 6.45) is 2.28. The van der Waals surface area contributed by atoms with Crippen molar-refractivity contribution in [3.63, 3.8) is 0 Å². The van der Waals surface area contributed by atoms with E-state index in [-0.39, 0.29) is 6.10 Å². The van der Waals surface area contributed by atoms with Gasteiger partial charge in [0.2, 0.25) is 0 Å². The van der Waals surface area contributed by atoms with Gasteiger partial charge in [0.1, 0.15) is 6.10 Å². The van der Waals surface area contributed by atoms with Gasteiger partial charge in [0.05, 0.1) is 6.10 Å². The van der Waals surface area contributed by atoms with E-state index in [1.807, 2.05) is 0 Å². The fraction of sp³-hybridized carbons (Fsp3) is 0.500. The fourth-order valence-corrected chi connectivity index (χ4v) is 0.657. The summed E-state index contributed by atoms with van der Waals surface area (Å²) < 4.78 is 4.83. The van der Waals surface area contributed by atoms with Gasteiger partial charge >= 0.3 is 5.97 Å². The molecule has 0 amide bonds. The molecule has 0 bridgehead atoms. The maximum Gasteiger partial charge on any atom is 0.384 e. The van der Waals surface area contributed by atoms with Gasteiger partial charge < -0.3 is 9.84 Å². The van der Waals surface area contributed by atoms with Gasteiger partial charge in [0, 0.05) is 5.92 Å². The summed E-state index contributed by atoms with van der Waals surface area (Å²) in [5.41, 5.74) is 0. The van der Waals surface area contributed by atoms with Crippen molar-refractivity contribution in [2.24, 2.45) is 0 Å². The number of ether oxygens (including phenoxy) is 1. The number of carbonyl (C=O) groups excluding carboxylic acids is 1. The Bertz CT molecular complexity index is 243. The van der Waals surface area contributed by atoms with Crippen LogP contribution >= 0.6 is 0 Å². The molecular formula is C10H14O3. The molecule has 0 aliphatic rings. The Morgan fingerprint density at radius 3 is 2.54 bits per heavy atom. The summed E-state index contributed by atoms with van der Waals surface area (Å²) in [6.45, 7) is 4.89. The Hall–Kier alpha value is -1.27. The lowest BCUT2D eigenvalue weighted by molar-refractivity contribution is -0.139. The van der Waals surface area contributed by atoms with Crippen LogP contribution < -0.4 is 0 Å².